The number of para-hydroxylation sites is 1. The Morgan fingerprint density at radius 3 is 2.51 bits per heavy atom. The molecule has 1 aliphatic carbocycles. The third-order valence-corrected chi connectivity index (χ3v) is 7.79. The van der Waals surface area contributed by atoms with Crippen LogP contribution < -0.4 is 50.2 Å². The van der Waals surface area contributed by atoms with Gasteiger partial charge in [0.2, 0.25) is 11.8 Å². The van der Waals surface area contributed by atoms with E-state index in [2.05, 4.69) is 16.0 Å². The molecular formula is C25H36N3NaO9S. The van der Waals surface area contributed by atoms with Crippen LogP contribution in [0.1, 0.15) is 51.0 Å². The van der Waals surface area contributed by atoms with E-state index in [4.69, 9.17) is 9.47 Å². The Labute approximate surface area is 251 Å². The molecule has 0 radical (unpaired) electrons. The van der Waals surface area contributed by atoms with Crippen molar-refractivity contribution in [3.8, 4) is 5.75 Å². The summed E-state index contributed by atoms with van der Waals surface area (Å²) in [5, 5.41) is 17.6. The largest absolute Gasteiger partial charge is 1.00 e. The maximum atomic E-state index is 13.1. The fraction of sp³-hybridized carbons (Fsp3) is 0.640. The van der Waals surface area contributed by atoms with Crippen molar-refractivity contribution in [3.63, 3.8) is 0 Å². The van der Waals surface area contributed by atoms with Crippen LogP contribution in [-0.2, 0) is 24.4 Å². The van der Waals surface area contributed by atoms with E-state index in [1.54, 1.807) is 7.11 Å². The van der Waals surface area contributed by atoms with Crippen molar-refractivity contribution in [1.29, 1.82) is 0 Å². The molecule has 0 spiro atoms. The van der Waals surface area contributed by atoms with Crippen molar-refractivity contribution in [3.05, 3.63) is 29.8 Å². The van der Waals surface area contributed by atoms with Gasteiger partial charge < -0.3 is 35.1 Å². The summed E-state index contributed by atoms with van der Waals surface area (Å²) >= 11 is 0. The molecule has 1 unspecified atom stereocenters. The topological polar surface area (TPSA) is 183 Å². The summed E-state index contributed by atoms with van der Waals surface area (Å²) in [7, 11) is -3.59. The Morgan fingerprint density at radius 1 is 1.23 bits per heavy atom. The molecule has 1 saturated heterocycles. The Kier molecular flexibility index (Phi) is 12.5. The number of aliphatic hydroxyl groups is 1. The molecule has 14 heteroatoms. The molecule has 4 N–H and O–H groups in total. The minimum absolute atomic E-state index is 0. The van der Waals surface area contributed by atoms with Gasteiger partial charge in [0.15, 0.2) is 5.44 Å². The van der Waals surface area contributed by atoms with Gasteiger partial charge in [0.1, 0.15) is 21.9 Å². The third-order valence-electron chi connectivity index (χ3n) is 6.87. The Hall–Kier alpha value is -1.90. The van der Waals surface area contributed by atoms with Gasteiger partial charge in [0.05, 0.1) is 19.8 Å². The average Bonchev–Trinajstić information content (AvgIpc) is 3.53. The van der Waals surface area contributed by atoms with Crippen molar-refractivity contribution >= 4 is 28.0 Å². The number of alkyl carbamates (subject to hydrolysis) is 1. The summed E-state index contributed by atoms with van der Waals surface area (Å²) in [6.45, 7) is 4.16. The second-order valence-electron chi connectivity index (χ2n) is 10.3. The van der Waals surface area contributed by atoms with Crippen molar-refractivity contribution in [2.75, 3.05) is 20.3 Å². The summed E-state index contributed by atoms with van der Waals surface area (Å²) in [5.74, 6) is -0.798. The number of ether oxygens (including phenoxy) is 2. The van der Waals surface area contributed by atoms with E-state index < -0.39 is 45.6 Å². The molecule has 1 saturated carbocycles. The molecule has 2 fully saturated rings. The summed E-state index contributed by atoms with van der Waals surface area (Å²) in [6.07, 6.45) is 0.311. The number of hydrogen-bond donors (Lipinski definition) is 4. The van der Waals surface area contributed by atoms with Gasteiger partial charge in [-0.2, -0.15) is 0 Å². The second-order valence-corrected chi connectivity index (χ2v) is 11.7. The van der Waals surface area contributed by atoms with Crippen LogP contribution in [-0.4, -0.2) is 73.8 Å². The maximum absolute atomic E-state index is 13.1. The van der Waals surface area contributed by atoms with E-state index >= 15 is 0 Å². The van der Waals surface area contributed by atoms with E-state index in [-0.39, 0.29) is 72.7 Å². The van der Waals surface area contributed by atoms with Crippen LogP contribution in [0.15, 0.2) is 24.3 Å². The molecule has 12 nitrogen and oxygen atoms in total. The zero-order chi connectivity index (χ0) is 28.0. The van der Waals surface area contributed by atoms with Gasteiger partial charge in [-0.3, -0.25) is 9.59 Å². The fourth-order valence-corrected chi connectivity index (χ4v) is 5.34. The maximum Gasteiger partial charge on any atom is 1.00 e. The number of aliphatic hydroxyl groups excluding tert-OH is 1. The molecule has 1 aliphatic heterocycles. The van der Waals surface area contributed by atoms with Gasteiger partial charge in [0.25, 0.3) is 0 Å². The normalized spacial score (nSPS) is 22.6. The first-order valence-electron chi connectivity index (χ1n) is 12.7. The molecule has 212 valence electrons. The quantitative estimate of drug-likeness (QED) is 0.150. The van der Waals surface area contributed by atoms with Gasteiger partial charge in [-0.1, -0.05) is 32.0 Å². The predicted molar refractivity (Wildman–Crippen MR) is 135 cm³/mol. The van der Waals surface area contributed by atoms with Crippen LogP contribution >= 0.6 is 0 Å². The fourth-order valence-electron chi connectivity index (χ4n) is 4.76. The van der Waals surface area contributed by atoms with Crippen LogP contribution in [0, 0.1) is 17.8 Å². The van der Waals surface area contributed by atoms with Crippen molar-refractivity contribution in [2.45, 2.75) is 63.0 Å². The zero-order valence-corrected chi connectivity index (χ0v) is 25.5. The van der Waals surface area contributed by atoms with Gasteiger partial charge in [-0.05, 0) is 49.1 Å². The standard InChI is InChI=1S/C25H37N3O9S.Na/c1-14(2)10-19(23(30)27-20(24(31)38(33,34)35)12-15-8-9-26-22(15)29)28-25(32)37-13-16-11-18(16)17-6-4-5-7-21(17)36-3;/h4-7,14-16,18-20,24,31H,8-13H2,1-3H3,(H,26,29)(H,27,30)(H,28,32)(H,33,34,35);/q;+1/p-1/t15-,16-,18+,19+,20+,24?;/m1./s1. The second kappa shape index (κ2) is 14.6. The molecular weight excluding hydrogens is 541 g/mol. The van der Waals surface area contributed by atoms with Crippen LogP contribution in [0.4, 0.5) is 4.79 Å². The summed E-state index contributed by atoms with van der Waals surface area (Å²) in [6, 6.07) is 4.98. The first kappa shape index (κ1) is 33.3. The van der Waals surface area contributed by atoms with Crippen LogP contribution in [0.3, 0.4) is 0 Å². The SMILES string of the molecule is COc1ccccc1[C@H]1C[C@@H]1COC(=O)N[C@@H](CC(C)C)C(=O)N[C@@H](C[C@H]1CCNC1=O)C(O)S(=O)(=O)[O-].[Na+]. The third kappa shape index (κ3) is 9.61. The number of nitrogens with one attached hydrogen (secondary N) is 3. The number of carbonyl (C=O) groups excluding carboxylic acids is 3. The van der Waals surface area contributed by atoms with Crippen LogP contribution in [0.2, 0.25) is 0 Å². The molecule has 2 aliphatic rings. The average molecular weight is 578 g/mol. The molecule has 39 heavy (non-hydrogen) atoms. The number of benzene rings is 1. The smallest absolute Gasteiger partial charge is 0.746 e. The van der Waals surface area contributed by atoms with Crippen LogP contribution in [0.25, 0.3) is 0 Å². The van der Waals surface area contributed by atoms with Crippen molar-refractivity contribution in [2.24, 2.45) is 17.8 Å². The van der Waals surface area contributed by atoms with Gasteiger partial charge in [-0.15, -0.1) is 0 Å². The minimum Gasteiger partial charge on any atom is -0.746 e. The van der Waals surface area contributed by atoms with Gasteiger partial charge in [-0.25, -0.2) is 13.2 Å². The summed E-state index contributed by atoms with van der Waals surface area (Å²) in [4.78, 5) is 37.6. The van der Waals surface area contributed by atoms with E-state index in [1.165, 1.54) is 0 Å². The first-order valence-corrected chi connectivity index (χ1v) is 14.1. The van der Waals surface area contributed by atoms with Crippen molar-refractivity contribution in [1.82, 2.24) is 16.0 Å². The number of methoxy groups -OCH3 is 1. The number of carbonyl (C=O) groups is 3. The molecule has 3 amide bonds. The molecule has 1 heterocycles. The molecule has 3 rings (SSSR count). The number of amides is 3. The Balaban J connectivity index is 0.00000533. The van der Waals surface area contributed by atoms with E-state index in [0.29, 0.717) is 13.0 Å². The van der Waals surface area contributed by atoms with E-state index in [1.807, 2.05) is 38.1 Å². The molecule has 6 atom stereocenters. The summed E-state index contributed by atoms with van der Waals surface area (Å²) < 4.78 is 45.3. The Bertz CT molecular complexity index is 1120. The molecule has 0 bridgehead atoms. The molecule has 1 aromatic carbocycles. The van der Waals surface area contributed by atoms with Crippen molar-refractivity contribution < 1.29 is 71.5 Å². The predicted octanol–water partition coefficient (Wildman–Crippen LogP) is -2.18. The number of hydrogen-bond acceptors (Lipinski definition) is 9. The van der Waals surface area contributed by atoms with Gasteiger partial charge in [0, 0.05) is 18.4 Å². The van der Waals surface area contributed by atoms with Crippen LogP contribution in [0.5, 0.6) is 5.75 Å². The minimum atomic E-state index is -5.18. The van der Waals surface area contributed by atoms with E-state index in [9.17, 15) is 32.5 Å². The van der Waals surface area contributed by atoms with Gasteiger partial charge >= 0.3 is 35.7 Å². The van der Waals surface area contributed by atoms with E-state index in [0.717, 1.165) is 17.7 Å². The monoisotopic (exact) mass is 577 g/mol. The zero-order valence-electron chi connectivity index (χ0n) is 22.7. The molecule has 1 aromatic rings. The first-order chi connectivity index (χ1) is 17.9. The Morgan fingerprint density at radius 2 is 1.92 bits per heavy atom. The number of rotatable bonds is 13. The summed E-state index contributed by atoms with van der Waals surface area (Å²) in [5.41, 5.74) is -1.41. The molecule has 0 aromatic heterocycles.